The van der Waals surface area contributed by atoms with E-state index in [0.29, 0.717) is 29.7 Å². The third-order valence-electron chi connectivity index (χ3n) is 7.62. The molecule has 1 aromatic rings. The zero-order valence-corrected chi connectivity index (χ0v) is 21.7. The molecule has 0 unspecified atom stereocenters. The normalized spacial score (nSPS) is 20.1. The standard InChI is InChI=1S/C30H39N3O2/c1-29(2)14-12-22(13-15-29)26-21-24(30(3,4)35-19-18-33-16-6-7-17-33)9-11-27(26)32-28(34)23-8-10-25(20-23)31-5/h9-12,20-21H,6-8,13-19H2,1-4H3,(H,32,34). The molecule has 0 aromatic heterocycles. The molecule has 1 heterocycles. The van der Waals surface area contributed by atoms with E-state index in [2.05, 4.69) is 61.0 Å². The molecule has 4 rings (SSSR count). The molecular weight excluding hydrogens is 434 g/mol. The van der Waals surface area contributed by atoms with Gasteiger partial charge in [-0.3, -0.25) is 4.79 Å². The van der Waals surface area contributed by atoms with Gasteiger partial charge in [-0.1, -0.05) is 32.1 Å². The van der Waals surface area contributed by atoms with E-state index in [0.717, 1.165) is 42.6 Å². The summed E-state index contributed by atoms with van der Waals surface area (Å²) in [6, 6.07) is 6.31. The van der Waals surface area contributed by atoms with E-state index in [1.165, 1.54) is 31.5 Å². The fraction of sp³-hybridized carbons (Fsp3) is 0.533. The summed E-state index contributed by atoms with van der Waals surface area (Å²) in [6.45, 7) is 20.1. The molecule has 1 aliphatic heterocycles. The van der Waals surface area contributed by atoms with Crippen LogP contribution >= 0.6 is 0 Å². The van der Waals surface area contributed by atoms with Gasteiger partial charge in [0.1, 0.15) is 0 Å². The Hall–Kier alpha value is -2.68. The Bertz CT molecular complexity index is 1100. The van der Waals surface area contributed by atoms with Crippen LogP contribution in [-0.2, 0) is 15.1 Å². The summed E-state index contributed by atoms with van der Waals surface area (Å²) < 4.78 is 6.39. The number of anilines is 1. The van der Waals surface area contributed by atoms with Crippen molar-refractivity contribution in [3.8, 4) is 0 Å². The fourth-order valence-corrected chi connectivity index (χ4v) is 5.08. The van der Waals surface area contributed by atoms with E-state index in [9.17, 15) is 4.79 Å². The lowest BCUT2D eigenvalue weighted by molar-refractivity contribution is -0.112. The largest absolute Gasteiger partial charge is 0.370 e. The SMILES string of the molecule is [C-]#[N+]C1=CCC(C(=O)Nc2ccc(C(C)(C)OCCN3CCCC3)cc2C2=CCC(C)(C)CC2)=C1. The maximum absolute atomic E-state index is 13.0. The average Bonchev–Trinajstić information content (AvgIpc) is 3.51. The minimum absolute atomic E-state index is 0.133. The Morgan fingerprint density at radius 1 is 1.23 bits per heavy atom. The molecule has 0 saturated carbocycles. The third kappa shape index (κ3) is 6.31. The number of benzene rings is 1. The zero-order chi connectivity index (χ0) is 25.1. The number of carbonyl (C=O) groups excluding carboxylic acids is 1. The Morgan fingerprint density at radius 3 is 2.66 bits per heavy atom. The van der Waals surface area contributed by atoms with Crippen LogP contribution in [0, 0.1) is 12.0 Å². The van der Waals surface area contributed by atoms with Gasteiger partial charge in [0.2, 0.25) is 0 Å². The molecule has 2 aliphatic carbocycles. The molecule has 5 nitrogen and oxygen atoms in total. The fourth-order valence-electron chi connectivity index (χ4n) is 5.08. The first-order valence-corrected chi connectivity index (χ1v) is 13.0. The molecule has 1 amide bonds. The second-order valence-corrected chi connectivity index (χ2v) is 11.3. The summed E-state index contributed by atoms with van der Waals surface area (Å²) >= 11 is 0. The minimum atomic E-state index is -0.423. The first kappa shape index (κ1) is 25.4. The van der Waals surface area contributed by atoms with Crippen LogP contribution in [0.1, 0.15) is 77.3 Å². The predicted octanol–water partition coefficient (Wildman–Crippen LogP) is 6.70. The molecule has 5 heteroatoms. The Balaban J connectivity index is 1.56. The number of carbonyl (C=O) groups is 1. The second kappa shape index (κ2) is 10.5. The lowest BCUT2D eigenvalue weighted by Gasteiger charge is -2.31. The molecule has 1 N–H and O–H groups in total. The second-order valence-electron chi connectivity index (χ2n) is 11.3. The molecule has 0 radical (unpaired) electrons. The molecule has 186 valence electrons. The highest BCUT2D eigenvalue weighted by atomic mass is 16.5. The molecule has 0 bridgehead atoms. The average molecular weight is 474 g/mol. The highest BCUT2D eigenvalue weighted by Gasteiger charge is 2.27. The van der Waals surface area contributed by atoms with Crippen LogP contribution in [0.5, 0.6) is 0 Å². The van der Waals surface area contributed by atoms with Crippen LogP contribution in [0.25, 0.3) is 10.4 Å². The van der Waals surface area contributed by atoms with Crippen LogP contribution in [0.15, 0.2) is 47.7 Å². The molecule has 1 fully saturated rings. The van der Waals surface area contributed by atoms with E-state index >= 15 is 0 Å². The van der Waals surface area contributed by atoms with Crippen LogP contribution < -0.4 is 5.32 Å². The van der Waals surface area contributed by atoms with Crippen molar-refractivity contribution in [2.45, 2.75) is 71.8 Å². The highest BCUT2D eigenvalue weighted by Crippen LogP contribution is 2.41. The van der Waals surface area contributed by atoms with Crippen LogP contribution in [0.2, 0.25) is 0 Å². The summed E-state index contributed by atoms with van der Waals surface area (Å²) in [5, 5.41) is 3.14. The summed E-state index contributed by atoms with van der Waals surface area (Å²) in [6.07, 6.45) is 12.1. The van der Waals surface area contributed by atoms with Crippen molar-refractivity contribution >= 4 is 17.2 Å². The van der Waals surface area contributed by atoms with Gasteiger partial charge in [-0.05, 0) is 100 Å². The molecule has 3 aliphatic rings. The van der Waals surface area contributed by atoms with Crippen molar-refractivity contribution in [1.82, 2.24) is 4.90 Å². The lowest BCUT2D eigenvalue weighted by Crippen LogP contribution is -2.29. The summed E-state index contributed by atoms with van der Waals surface area (Å²) in [4.78, 5) is 18.9. The van der Waals surface area contributed by atoms with Gasteiger partial charge >= 0.3 is 0 Å². The maximum atomic E-state index is 13.0. The lowest BCUT2D eigenvalue weighted by atomic mass is 9.76. The van der Waals surface area contributed by atoms with Crippen LogP contribution in [0.3, 0.4) is 0 Å². The van der Waals surface area contributed by atoms with Crippen molar-refractivity contribution in [2.24, 2.45) is 5.41 Å². The van der Waals surface area contributed by atoms with Gasteiger partial charge in [0.15, 0.2) is 5.70 Å². The van der Waals surface area contributed by atoms with Crippen molar-refractivity contribution < 1.29 is 9.53 Å². The smallest absolute Gasteiger partial charge is 0.250 e. The molecule has 1 saturated heterocycles. The molecular formula is C30H39N3O2. The van der Waals surface area contributed by atoms with Gasteiger partial charge in [-0.2, -0.15) is 0 Å². The van der Waals surface area contributed by atoms with Gasteiger partial charge in [-0.25, -0.2) is 4.85 Å². The number of likely N-dealkylation sites (tertiary alicyclic amines) is 1. The zero-order valence-electron chi connectivity index (χ0n) is 21.7. The van der Waals surface area contributed by atoms with Gasteiger partial charge in [0.05, 0.1) is 18.8 Å². The number of allylic oxidation sites excluding steroid dienone is 4. The van der Waals surface area contributed by atoms with Crippen molar-refractivity contribution in [3.05, 3.63) is 70.2 Å². The Kier molecular flexibility index (Phi) is 7.64. The molecule has 0 atom stereocenters. The maximum Gasteiger partial charge on any atom is 0.250 e. The number of nitrogens with zero attached hydrogens (tertiary/aromatic N) is 2. The predicted molar refractivity (Wildman–Crippen MR) is 143 cm³/mol. The van der Waals surface area contributed by atoms with Crippen molar-refractivity contribution in [1.29, 1.82) is 0 Å². The van der Waals surface area contributed by atoms with Gasteiger partial charge in [0.25, 0.3) is 5.91 Å². The molecule has 35 heavy (non-hydrogen) atoms. The van der Waals surface area contributed by atoms with Gasteiger partial charge in [0, 0.05) is 23.4 Å². The minimum Gasteiger partial charge on any atom is -0.370 e. The monoisotopic (exact) mass is 473 g/mol. The number of nitrogens with one attached hydrogen (secondary N) is 1. The third-order valence-corrected chi connectivity index (χ3v) is 7.62. The highest BCUT2D eigenvalue weighted by molar-refractivity contribution is 6.06. The topological polar surface area (TPSA) is 45.9 Å². The Morgan fingerprint density at radius 2 is 2.00 bits per heavy atom. The summed E-state index contributed by atoms with van der Waals surface area (Å²) in [5.74, 6) is -0.133. The number of hydrogen-bond donors (Lipinski definition) is 1. The first-order valence-electron chi connectivity index (χ1n) is 13.0. The summed E-state index contributed by atoms with van der Waals surface area (Å²) in [5.41, 5.74) is 5.37. The van der Waals surface area contributed by atoms with E-state index < -0.39 is 5.60 Å². The quantitative estimate of drug-likeness (QED) is 0.427. The Labute approximate surface area is 210 Å². The first-order chi connectivity index (χ1) is 16.7. The van der Waals surface area contributed by atoms with Gasteiger partial charge in [-0.15, -0.1) is 0 Å². The van der Waals surface area contributed by atoms with E-state index in [1.807, 2.05) is 6.07 Å². The molecule has 0 spiro atoms. The van der Waals surface area contributed by atoms with Gasteiger partial charge < -0.3 is 15.0 Å². The summed E-state index contributed by atoms with van der Waals surface area (Å²) in [7, 11) is 0. The number of amides is 1. The molecule has 1 aromatic carbocycles. The van der Waals surface area contributed by atoms with Crippen molar-refractivity contribution in [2.75, 3.05) is 31.6 Å². The van der Waals surface area contributed by atoms with Crippen LogP contribution in [0.4, 0.5) is 5.69 Å². The number of hydrogen-bond acceptors (Lipinski definition) is 3. The number of rotatable bonds is 8. The van der Waals surface area contributed by atoms with E-state index in [4.69, 9.17) is 11.3 Å². The van der Waals surface area contributed by atoms with E-state index in [1.54, 1.807) is 12.2 Å². The van der Waals surface area contributed by atoms with E-state index in [-0.39, 0.29) is 5.91 Å². The van der Waals surface area contributed by atoms with Crippen LogP contribution in [-0.4, -0.2) is 37.0 Å². The number of ether oxygens (including phenoxy) is 1. The van der Waals surface area contributed by atoms with Crippen molar-refractivity contribution in [3.63, 3.8) is 0 Å².